The van der Waals surface area contributed by atoms with E-state index in [1.165, 1.54) is 5.56 Å². The molecule has 1 aromatic carbocycles. The van der Waals surface area contributed by atoms with Gasteiger partial charge in [-0.25, -0.2) is 9.78 Å². The summed E-state index contributed by atoms with van der Waals surface area (Å²) in [5.41, 5.74) is 2.24. The van der Waals surface area contributed by atoms with Gasteiger partial charge in [-0.15, -0.1) is 0 Å². The number of carbonyl (C=O) groups is 1. The molecule has 0 saturated heterocycles. The van der Waals surface area contributed by atoms with Crippen LogP contribution in [0.15, 0.2) is 36.5 Å². The van der Waals surface area contributed by atoms with Gasteiger partial charge in [-0.3, -0.25) is 0 Å². The zero-order valence-corrected chi connectivity index (χ0v) is 11.3. The molecule has 2 rings (SSSR count). The van der Waals surface area contributed by atoms with Crippen LogP contribution in [0.3, 0.4) is 0 Å². The van der Waals surface area contributed by atoms with Gasteiger partial charge in [-0.05, 0) is 36.0 Å². The maximum absolute atomic E-state index is 8.56. The van der Waals surface area contributed by atoms with E-state index in [9.17, 15) is 0 Å². The number of rotatable bonds is 2. The van der Waals surface area contributed by atoms with Crippen molar-refractivity contribution in [2.75, 3.05) is 0 Å². The molecular weight excluding hydrogens is 288 g/mol. The lowest BCUT2D eigenvalue weighted by Crippen LogP contribution is -1.93. The summed E-state index contributed by atoms with van der Waals surface area (Å²) in [6.45, 7) is 0. The second-order valence-electron chi connectivity index (χ2n) is 3.49. The zero-order chi connectivity index (χ0) is 14.3. The molecule has 0 radical (unpaired) electrons. The van der Waals surface area contributed by atoms with E-state index in [1.54, 1.807) is 6.20 Å². The van der Waals surface area contributed by atoms with Crippen molar-refractivity contribution in [2.45, 2.75) is 6.42 Å². The molecule has 0 saturated carbocycles. The quantitative estimate of drug-likeness (QED) is 0.737. The Kier molecular flexibility index (Phi) is 5.98. The zero-order valence-electron chi connectivity index (χ0n) is 9.71. The molecule has 7 heteroatoms. The molecule has 0 fully saturated rings. The maximum atomic E-state index is 8.56. The Hall–Kier alpha value is -1.92. The number of benzene rings is 1. The molecule has 5 nitrogen and oxygen atoms in total. The number of aromatic nitrogens is 2. The van der Waals surface area contributed by atoms with Gasteiger partial charge >= 0.3 is 6.16 Å². The first kappa shape index (κ1) is 15.1. The first-order valence-corrected chi connectivity index (χ1v) is 5.96. The molecule has 0 bridgehead atoms. The molecule has 2 aromatic rings. The first-order valence-electron chi connectivity index (χ1n) is 5.18. The van der Waals surface area contributed by atoms with E-state index < -0.39 is 6.16 Å². The van der Waals surface area contributed by atoms with E-state index in [4.69, 9.17) is 38.8 Å². The lowest BCUT2D eigenvalue weighted by Gasteiger charge is -2.01. The number of halogens is 1. The van der Waals surface area contributed by atoms with E-state index in [0.29, 0.717) is 4.77 Å². The van der Waals surface area contributed by atoms with Crippen LogP contribution in [0.2, 0.25) is 5.02 Å². The first-order chi connectivity index (χ1) is 8.97. The van der Waals surface area contributed by atoms with E-state index in [-0.39, 0.29) is 0 Å². The number of nitrogens with one attached hydrogen (secondary N) is 1. The van der Waals surface area contributed by atoms with Crippen molar-refractivity contribution < 1.29 is 15.0 Å². The fourth-order valence-electron chi connectivity index (χ4n) is 1.33. The number of nitrogens with zero attached hydrogens (tertiary/aromatic N) is 1. The Morgan fingerprint density at radius 1 is 1.26 bits per heavy atom. The molecule has 0 amide bonds. The monoisotopic (exact) mass is 298 g/mol. The lowest BCUT2D eigenvalue weighted by molar-refractivity contribution is 0.137. The van der Waals surface area contributed by atoms with Crippen molar-refractivity contribution in [1.82, 2.24) is 9.97 Å². The molecule has 3 N–H and O–H groups in total. The van der Waals surface area contributed by atoms with Gasteiger partial charge in [0.15, 0.2) is 4.77 Å². The summed E-state index contributed by atoms with van der Waals surface area (Å²) < 4.78 is 0.515. The van der Waals surface area contributed by atoms with Crippen LogP contribution < -0.4 is 0 Å². The summed E-state index contributed by atoms with van der Waals surface area (Å²) in [5.74, 6) is 0. The fraction of sp³-hybridized carbons (Fsp3) is 0.0833. The van der Waals surface area contributed by atoms with Gasteiger partial charge in [0.1, 0.15) is 0 Å². The van der Waals surface area contributed by atoms with Crippen LogP contribution in [0.5, 0.6) is 0 Å². The van der Waals surface area contributed by atoms with Gasteiger partial charge in [0, 0.05) is 23.3 Å². The van der Waals surface area contributed by atoms with Crippen molar-refractivity contribution in [1.29, 1.82) is 0 Å². The Labute approximate surface area is 119 Å². The van der Waals surface area contributed by atoms with Crippen molar-refractivity contribution in [3.63, 3.8) is 0 Å². The molecule has 0 spiro atoms. The van der Waals surface area contributed by atoms with Crippen molar-refractivity contribution >= 4 is 30.0 Å². The molecule has 19 heavy (non-hydrogen) atoms. The predicted octanol–water partition coefficient (Wildman–Crippen LogP) is 3.61. The van der Waals surface area contributed by atoms with Crippen LogP contribution >= 0.6 is 23.8 Å². The summed E-state index contributed by atoms with van der Waals surface area (Å²) in [4.78, 5) is 15.5. The molecule has 0 aliphatic heterocycles. The van der Waals surface area contributed by atoms with Crippen molar-refractivity contribution in [3.8, 4) is 0 Å². The summed E-state index contributed by atoms with van der Waals surface area (Å²) in [6.07, 6.45) is 0.688. The second-order valence-corrected chi connectivity index (χ2v) is 4.31. The number of carboxylic acid groups (broad SMARTS) is 2. The topological polar surface area (TPSA) is 86.2 Å². The minimum Gasteiger partial charge on any atom is -0.450 e. The highest BCUT2D eigenvalue weighted by atomic mass is 35.5. The van der Waals surface area contributed by atoms with Crippen LogP contribution in [-0.2, 0) is 6.42 Å². The maximum Gasteiger partial charge on any atom is 0.503 e. The minimum absolute atomic E-state index is 0.515. The van der Waals surface area contributed by atoms with E-state index in [0.717, 1.165) is 17.1 Å². The van der Waals surface area contributed by atoms with Gasteiger partial charge in [-0.2, -0.15) is 0 Å². The fourth-order valence-corrected chi connectivity index (χ4v) is 1.65. The Morgan fingerprint density at radius 3 is 2.37 bits per heavy atom. The molecule has 1 aromatic heterocycles. The minimum atomic E-state index is -1.83. The number of aromatic amines is 1. The second kappa shape index (κ2) is 7.50. The average Bonchev–Trinajstić information content (AvgIpc) is 2.31. The number of H-pyrrole nitrogens is 1. The predicted molar refractivity (Wildman–Crippen MR) is 74.3 cm³/mol. The summed E-state index contributed by atoms with van der Waals surface area (Å²) >= 11 is 10.8. The largest absolute Gasteiger partial charge is 0.503 e. The van der Waals surface area contributed by atoms with Crippen molar-refractivity contribution in [2.24, 2.45) is 0 Å². The summed E-state index contributed by atoms with van der Waals surface area (Å²) in [5, 5.41) is 14.7. The highest BCUT2D eigenvalue weighted by Gasteiger charge is 1.96. The summed E-state index contributed by atoms with van der Waals surface area (Å²) in [7, 11) is 0. The molecule has 0 unspecified atom stereocenters. The van der Waals surface area contributed by atoms with Crippen LogP contribution in [0.1, 0.15) is 11.3 Å². The molecule has 0 aliphatic rings. The van der Waals surface area contributed by atoms with E-state index >= 15 is 0 Å². The highest BCUT2D eigenvalue weighted by Crippen LogP contribution is 2.12. The lowest BCUT2D eigenvalue weighted by atomic mass is 10.1. The smallest absolute Gasteiger partial charge is 0.450 e. The van der Waals surface area contributed by atoms with Crippen LogP contribution in [0.4, 0.5) is 4.79 Å². The third-order valence-electron chi connectivity index (χ3n) is 2.04. The standard InChI is InChI=1S/C11H9ClN2S.CH2O3/c12-9-3-1-8(2-4-9)7-10-5-6-13-11(15)14-10;2-1(3)4/h1-6H,7H2,(H,13,14,15);(H2,2,3,4). The average molecular weight is 299 g/mol. The van der Waals surface area contributed by atoms with Crippen molar-refractivity contribution in [3.05, 3.63) is 57.6 Å². The molecule has 0 atom stereocenters. The van der Waals surface area contributed by atoms with Crippen LogP contribution in [0.25, 0.3) is 0 Å². The summed E-state index contributed by atoms with van der Waals surface area (Å²) in [6, 6.07) is 9.68. The molecular formula is C12H11ClN2O3S. The van der Waals surface area contributed by atoms with E-state index in [1.807, 2.05) is 30.3 Å². The Bertz CT molecular complexity index is 594. The molecule has 1 heterocycles. The Morgan fingerprint density at radius 2 is 1.84 bits per heavy atom. The van der Waals surface area contributed by atoms with Gasteiger partial charge in [0.05, 0.1) is 0 Å². The molecule has 100 valence electrons. The highest BCUT2D eigenvalue weighted by molar-refractivity contribution is 7.71. The van der Waals surface area contributed by atoms with Crippen LogP contribution in [0, 0.1) is 4.77 Å². The van der Waals surface area contributed by atoms with Gasteiger partial charge < -0.3 is 15.2 Å². The van der Waals surface area contributed by atoms with E-state index in [2.05, 4.69) is 9.97 Å². The molecule has 0 aliphatic carbocycles. The number of hydrogen-bond donors (Lipinski definition) is 3. The third-order valence-corrected chi connectivity index (χ3v) is 2.50. The Balaban J connectivity index is 0.000000399. The van der Waals surface area contributed by atoms with Crippen LogP contribution in [-0.4, -0.2) is 26.3 Å². The van der Waals surface area contributed by atoms with Gasteiger partial charge in [0.25, 0.3) is 0 Å². The van der Waals surface area contributed by atoms with Gasteiger partial charge in [0.2, 0.25) is 0 Å². The normalized spacial score (nSPS) is 9.32. The third kappa shape index (κ3) is 6.54. The van der Waals surface area contributed by atoms with Gasteiger partial charge in [-0.1, -0.05) is 23.7 Å². The SMILES string of the molecule is O=C(O)O.S=c1nccc(Cc2ccc(Cl)cc2)[nH]1. The number of hydrogen-bond acceptors (Lipinski definition) is 3.